The van der Waals surface area contributed by atoms with Crippen LogP contribution >= 0.6 is 0 Å². The number of nitrogens with zero attached hydrogens (tertiary/aromatic N) is 1. The first-order chi connectivity index (χ1) is 10.5. The van der Waals surface area contributed by atoms with Crippen molar-refractivity contribution in [3.05, 3.63) is 23.8 Å². The average molecular weight is 299 g/mol. The highest BCUT2D eigenvalue weighted by molar-refractivity contribution is 6.40. The van der Waals surface area contributed by atoms with Crippen LogP contribution in [0.25, 0.3) is 0 Å². The number of carbonyl (C=O) groups is 2. The number of fused-ring (bicyclic) bond motifs is 1. The van der Waals surface area contributed by atoms with Crippen LogP contribution in [0.1, 0.15) is 51.5 Å². The molecule has 1 aliphatic heterocycles. The van der Waals surface area contributed by atoms with Crippen molar-refractivity contribution in [2.45, 2.75) is 51.4 Å². The fourth-order valence-electron chi connectivity index (χ4n) is 2.93. The van der Waals surface area contributed by atoms with Gasteiger partial charge in [-0.2, -0.15) is 5.10 Å². The lowest BCUT2D eigenvalue weighted by molar-refractivity contribution is -0.119. The molecule has 0 saturated heterocycles. The molecule has 1 amide bonds. The number of ketones is 1. The van der Waals surface area contributed by atoms with Crippen LogP contribution in [0.3, 0.4) is 0 Å². The summed E-state index contributed by atoms with van der Waals surface area (Å²) < 4.78 is 0. The molecule has 116 valence electrons. The van der Waals surface area contributed by atoms with E-state index in [1.165, 1.54) is 0 Å². The van der Waals surface area contributed by atoms with Crippen LogP contribution in [0.2, 0.25) is 0 Å². The Kier molecular flexibility index (Phi) is 3.72. The summed E-state index contributed by atoms with van der Waals surface area (Å²) in [5, 5.41) is 7.18. The monoisotopic (exact) mass is 299 g/mol. The first kappa shape index (κ1) is 14.8. The highest BCUT2D eigenvalue weighted by Crippen LogP contribution is 2.38. The summed E-state index contributed by atoms with van der Waals surface area (Å²) in [6.07, 6.45) is 4.39. The largest absolute Gasteiger partial charge is 0.325 e. The minimum absolute atomic E-state index is 0.00455. The first-order valence-electron chi connectivity index (χ1n) is 7.80. The first-order valence-corrected chi connectivity index (χ1v) is 7.80. The molecule has 2 N–H and O–H groups in total. The van der Waals surface area contributed by atoms with Crippen LogP contribution < -0.4 is 10.7 Å². The fraction of sp³-hybridized carbons (Fsp3) is 0.471. The molecule has 0 aromatic heterocycles. The zero-order valence-electron chi connectivity index (χ0n) is 13.0. The molecule has 0 unspecified atom stereocenters. The number of hydrogen-bond donors (Lipinski definition) is 2. The topological polar surface area (TPSA) is 70.6 Å². The Morgan fingerprint density at radius 3 is 2.73 bits per heavy atom. The zero-order chi connectivity index (χ0) is 15.7. The number of anilines is 2. The van der Waals surface area contributed by atoms with Gasteiger partial charge in [-0.3, -0.25) is 15.0 Å². The second-order valence-corrected chi connectivity index (χ2v) is 6.49. The van der Waals surface area contributed by atoms with E-state index >= 15 is 0 Å². The van der Waals surface area contributed by atoms with Gasteiger partial charge < -0.3 is 5.32 Å². The highest BCUT2D eigenvalue weighted by Gasteiger charge is 2.38. The van der Waals surface area contributed by atoms with Crippen molar-refractivity contribution in [1.82, 2.24) is 0 Å². The summed E-state index contributed by atoms with van der Waals surface area (Å²) >= 11 is 0. The summed E-state index contributed by atoms with van der Waals surface area (Å²) in [6.45, 7) is 3.80. The van der Waals surface area contributed by atoms with E-state index < -0.39 is 5.41 Å². The molecule has 0 atom stereocenters. The number of hydrogen-bond acceptors (Lipinski definition) is 4. The number of rotatable bonds is 2. The van der Waals surface area contributed by atoms with E-state index in [2.05, 4.69) is 15.8 Å². The van der Waals surface area contributed by atoms with Gasteiger partial charge in [0.15, 0.2) is 5.78 Å². The lowest BCUT2D eigenvalue weighted by Gasteiger charge is -2.15. The van der Waals surface area contributed by atoms with E-state index in [1.807, 2.05) is 32.0 Å². The molecular weight excluding hydrogens is 278 g/mol. The molecule has 0 bridgehead atoms. The second-order valence-electron chi connectivity index (χ2n) is 6.49. The van der Waals surface area contributed by atoms with Gasteiger partial charge in [-0.15, -0.1) is 0 Å². The maximum Gasteiger partial charge on any atom is 0.234 e. The van der Waals surface area contributed by atoms with Gasteiger partial charge in [-0.1, -0.05) is 6.42 Å². The molecule has 1 saturated carbocycles. The van der Waals surface area contributed by atoms with Crippen molar-refractivity contribution < 1.29 is 9.59 Å². The van der Waals surface area contributed by atoms with Gasteiger partial charge in [0.05, 0.1) is 11.1 Å². The molecule has 1 aromatic carbocycles. The molecule has 1 heterocycles. The Morgan fingerprint density at radius 2 is 1.91 bits per heavy atom. The van der Waals surface area contributed by atoms with Crippen LogP contribution in [-0.2, 0) is 15.0 Å². The van der Waals surface area contributed by atoms with Gasteiger partial charge in [-0.25, -0.2) is 0 Å². The maximum atomic E-state index is 11.9. The van der Waals surface area contributed by atoms with Gasteiger partial charge >= 0.3 is 0 Å². The number of benzene rings is 1. The van der Waals surface area contributed by atoms with Crippen molar-refractivity contribution in [1.29, 1.82) is 0 Å². The normalized spacial score (nSPS) is 22.2. The lowest BCUT2D eigenvalue weighted by Crippen LogP contribution is -2.26. The van der Waals surface area contributed by atoms with E-state index in [-0.39, 0.29) is 11.7 Å². The van der Waals surface area contributed by atoms with Crippen molar-refractivity contribution in [2.75, 3.05) is 10.7 Å². The summed E-state index contributed by atoms with van der Waals surface area (Å²) in [6, 6.07) is 5.67. The van der Waals surface area contributed by atoms with E-state index in [0.717, 1.165) is 42.6 Å². The average Bonchev–Trinajstić information content (AvgIpc) is 2.64. The van der Waals surface area contributed by atoms with E-state index in [1.54, 1.807) is 0 Å². The van der Waals surface area contributed by atoms with Crippen molar-refractivity contribution in [3.63, 3.8) is 0 Å². The molecule has 3 rings (SSSR count). The van der Waals surface area contributed by atoms with E-state index in [4.69, 9.17) is 0 Å². The Hall–Kier alpha value is -2.17. The van der Waals surface area contributed by atoms with Crippen molar-refractivity contribution >= 4 is 28.8 Å². The van der Waals surface area contributed by atoms with Gasteiger partial charge in [-0.05, 0) is 56.9 Å². The minimum Gasteiger partial charge on any atom is -0.325 e. The van der Waals surface area contributed by atoms with Crippen LogP contribution in [0.15, 0.2) is 23.3 Å². The highest BCUT2D eigenvalue weighted by atomic mass is 16.2. The van der Waals surface area contributed by atoms with E-state index in [0.29, 0.717) is 12.1 Å². The Bertz CT molecular complexity index is 662. The van der Waals surface area contributed by atoms with Crippen LogP contribution in [0.4, 0.5) is 11.4 Å². The molecule has 1 fully saturated rings. The van der Waals surface area contributed by atoms with Crippen molar-refractivity contribution in [2.24, 2.45) is 5.10 Å². The smallest absolute Gasteiger partial charge is 0.234 e. The number of Topliss-reactive ketones (excluding diaryl/α,β-unsaturated/α-hetero) is 1. The zero-order valence-corrected chi connectivity index (χ0v) is 13.0. The molecule has 5 heteroatoms. The number of carbonyl (C=O) groups excluding carboxylic acids is 2. The lowest BCUT2D eigenvalue weighted by atomic mass is 9.86. The van der Waals surface area contributed by atoms with Crippen LogP contribution in [-0.4, -0.2) is 17.4 Å². The predicted octanol–water partition coefficient (Wildman–Crippen LogP) is 3.22. The standard InChI is InChI=1S/C17H21N3O2/c1-17(2)12-10-11(8-9-13(12)18-16(17)22)19-20-14-6-4-3-5-7-15(14)21/h8-10,19H,3-7H2,1-2H3,(H,18,22)/b20-14+. The number of nitrogens with one attached hydrogen (secondary N) is 2. The van der Waals surface area contributed by atoms with Gasteiger partial charge in [0.1, 0.15) is 5.71 Å². The Morgan fingerprint density at radius 1 is 1.14 bits per heavy atom. The predicted molar refractivity (Wildman–Crippen MR) is 87.2 cm³/mol. The Balaban J connectivity index is 1.81. The molecular formula is C17H21N3O2. The SMILES string of the molecule is CC1(C)C(=O)Nc2ccc(N/N=C3\CCCCCC3=O)cc21. The van der Waals surface area contributed by atoms with Crippen LogP contribution in [0, 0.1) is 0 Å². The molecule has 5 nitrogen and oxygen atoms in total. The molecule has 1 aromatic rings. The summed E-state index contributed by atoms with van der Waals surface area (Å²) in [7, 11) is 0. The van der Waals surface area contributed by atoms with Crippen LogP contribution in [0.5, 0.6) is 0 Å². The summed E-state index contributed by atoms with van der Waals surface area (Å²) in [5.41, 5.74) is 5.67. The minimum atomic E-state index is -0.543. The fourth-order valence-corrected chi connectivity index (χ4v) is 2.93. The Labute approximate surface area is 130 Å². The molecule has 22 heavy (non-hydrogen) atoms. The number of hydrazone groups is 1. The molecule has 2 aliphatic rings. The maximum absolute atomic E-state index is 11.9. The second kappa shape index (κ2) is 5.55. The van der Waals surface area contributed by atoms with Crippen molar-refractivity contribution in [3.8, 4) is 0 Å². The van der Waals surface area contributed by atoms with E-state index in [9.17, 15) is 9.59 Å². The molecule has 1 aliphatic carbocycles. The number of amides is 1. The third-order valence-electron chi connectivity index (χ3n) is 4.47. The molecule has 0 spiro atoms. The summed E-state index contributed by atoms with van der Waals surface area (Å²) in [4.78, 5) is 23.9. The van der Waals surface area contributed by atoms with Gasteiger partial charge in [0.25, 0.3) is 0 Å². The summed E-state index contributed by atoms with van der Waals surface area (Å²) in [5.74, 6) is 0.147. The molecule has 0 radical (unpaired) electrons. The van der Waals surface area contributed by atoms with Gasteiger partial charge in [0, 0.05) is 12.1 Å². The third kappa shape index (κ3) is 2.63. The third-order valence-corrected chi connectivity index (χ3v) is 4.47. The quantitative estimate of drug-likeness (QED) is 0.650. The van der Waals surface area contributed by atoms with Gasteiger partial charge in [0.2, 0.25) is 5.91 Å².